The molecular formula is C12H24O. The maximum Gasteiger partial charge on any atom is 0.0678 e. The third kappa shape index (κ3) is 2.46. The van der Waals surface area contributed by atoms with Crippen molar-refractivity contribution < 1.29 is 5.11 Å². The molecule has 0 aromatic rings. The minimum absolute atomic E-state index is 0.369. The molecule has 1 aliphatic carbocycles. The molecule has 0 heterocycles. The maximum atomic E-state index is 10.5. The Balaban J connectivity index is 2.66. The molecule has 0 aromatic carbocycles. The van der Waals surface area contributed by atoms with E-state index < -0.39 is 0 Å². The van der Waals surface area contributed by atoms with E-state index in [4.69, 9.17) is 0 Å². The summed E-state index contributed by atoms with van der Waals surface area (Å²) in [5.41, 5.74) is -0.369. The van der Waals surface area contributed by atoms with Crippen molar-refractivity contribution in [1.29, 1.82) is 0 Å². The van der Waals surface area contributed by atoms with Crippen molar-refractivity contribution >= 4 is 0 Å². The monoisotopic (exact) mass is 184 g/mol. The van der Waals surface area contributed by atoms with Gasteiger partial charge in [-0.25, -0.2) is 0 Å². The van der Waals surface area contributed by atoms with Gasteiger partial charge in [-0.3, -0.25) is 0 Å². The lowest BCUT2D eigenvalue weighted by atomic mass is 9.68. The van der Waals surface area contributed by atoms with Crippen LogP contribution in [0.5, 0.6) is 0 Å². The zero-order valence-corrected chi connectivity index (χ0v) is 9.51. The molecule has 0 saturated heterocycles. The lowest BCUT2D eigenvalue weighted by Gasteiger charge is -2.42. The van der Waals surface area contributed by atoms with Gasteiger partial charge in [0.2, 0.25) is 0 Å². The predicted octanol–water partition coefficient (Wildman–Crippen LogP) is 3.22. The first-order valence-corrected chi connectivity index (χ1v) is 5.70. The smallest absolute Gasteiger partial charge is 0.0678 e. The molecule has 0 spiro atoms. The minimum Gasteiger partial charge on any atom is -0.390 e. The second kappa shape index (κ2) is 4.00. The van der Waals surface area contributed by atoms with Crippen LogP contribution in [0.25, 0.3) is 0 Å². The Hall–Kier alpha value is -0.0400. The van der Waals surface area contributed by atoms with Gasteiger partial charge in [-0.2, -0.15) is 0 Å². The lowest BCUT2D eigenvalue weighted by Crippen LogP contribution is -2.43. The first-order valence-electron chi connectivity index (χ1n) is 5.70. The molecule has 3 atom stereocenters. The molecule has 1 nitrogen and oxygen atoms in total. The zero-order valence-electron chi connectivity index (χ0n) is 9.51. The van der Waals surface area contributed by atoms with Gasteiger partial charge in [0.25, 0.3) is 0 Å². The number of hydrogen-bond donors (Lipinski definition) is 1. The zero-order chi connectivity index (χ0) is 10.1. The van der Waals surface area contributed by atoms with Gasteiger partial charge in [-0.15, -0.1) is 0 Å². The quantitative estimate of drug-likeness (QED) is 0.698. The Morgan fingerprint density at radius 1 is 1.31 bits per heavy atom. The Labute approximate surface area is 82.5 Å². The van der Waals surface area contributed by atoms with Crippen LogP contribution in [0, 0.1) is 17.8 Å². The van der Waals surface area contributed by atoms with Crippen LogP contribution in [0.2, 0.25) is 0 Å². The highest BCUT2D eigenvalue weighted by Crippen LogP contribution is 2.41. The Morgan fingerprint density at radius 3 is 2.15 bits per heavy atom. The highest BCUT2D eigenvalue weighted by molar-refractivity contribution is 4.91. The van der Waals surface area contributed by atoms with Crippen LogP contribution >= 0.6 is 0 Å². The van der Waals surface area contributed by atoms with Gasteiger partial charge >= 0.3 is 0 Å². The van der Waals surface area contributed by atoms with Gasteiger partial charge in [-0.05, 0) is 37.0 Å². The molecule has 1 fully saturated rings. The molecule has 0 bridgehead atoms. The average molecular weight is 184 g/mol. The van der Waals surface area contributed by atoms with Gasteiger partial charge in [0.05, 0.1) is 5.60 Å². The Kier molecular flexibility index (Phi) is 3.39. The highest BCUT2D eigenvalue weighted by atomic mass is 16.3. The molecule has 1 aliphatic rings. The number of aliphatic hydroxyl groups is 1. The normalized spacial score (nSPS) is 43.2. The second-order valence-electron chi connectivity index (χ2n) is 5.27. The first-order chi connectivity index (χ1) is 5.98. The third-order valence-electron chi connectivity index (χ3n) is 3.74. The van der Waals surface area contributed by atoms with Crippen molar-refractivity contribution in [2.75, 3.05) is 0 Å². The summed E-state index contributed by atoms with van der Waals surface area (Å²) in [5.74, 6) is 1.85. The maximum absolute atomic E-state index is 10.5. The fraction of sp³-hybridized carbons (Fsp3) is 1.00. The summed E-state index contributed by atoms with van der Waals surface area (Å²) in [5, 5.41) is 10.5. The van der Waals surface area contributed by atoms with Crippen molar-refractivity contribution in [3.63, 3.8) is 0 Å². The van der Waals surface area contributed by atoms with Crippen LogP contribution in [0.1, 0.15) is 53.4 Å². The number of hydrogen-bond acceptors (Lipinski definition) is 1. The molecule has 78 valence electrons. The summed E-state index contributed by atoms with van der Waals surface area (Å²) >= 11 is 0. The first kappa shape index (κ1) is 11.0. The topological polar surface area (TPSA) is 20.2 Å². The second-order valence-corrected chi connectivity index (χ2v) is 5.27. The molecule has 3 unspecified atom stereocenters. The van der Waals surface area contributed by atoms with Crippen molar-refractivity contribution in [1.82, 2.24) is 0 Å². The fourth-order valence-corrected chi connectivity index (χ4v) is 2.93. The molecule has 13 heavy (non-hydrogen) atoms. The summed E-state index contributed by atoms with van der Waals surface area (Å²) in [4.78, 5) is 0. The van der Waals surface area contributed by atoms with E-state index in [-0.39, 0.29) is 5.60 Å². The van der Waals surface area contributed by atoms with Gasteiger partial charge in [-0.1, -0.05) is 34.1 Å². The van der Waals surface area contributed by atoms with Crippen molar-refractivity contribution in [3.8, 4) is 0 Å². The summed E-state index contributed by atoms with van der Waals surface area (Å²) in [6.07, 6.45) is 4.40. The van der Waals surface area contributed by atoms with Crippen LogP contribution in [0.15, 0.2) is 0 Å². The largest absolute Gasteiger partial charge is 0.390 e. The molecular weight excluding hydrogens is 160 g/mol. The molecule has 0 amide bonds. The van der Waals surface area contributed by atoms with Crippen molar-refractivity contribution in [2.24, 2.45) is 17.8 Å². The van der Waals surface area contributed by atoms with E-state index in [1.165, 1.54) is 6.42 Å². The van der Waals surface area contributed by atoms with E-state index in [1.807, 2.05) is 0 Å². The number of rotatable bonds is 2. The standard InChI is InChI=1S/C12H24O/c1-5-11(4)12(13)7-9(2)6-10(3)8-12/h9-11,13H,5-8H2,1-4H3. The van der Waals surface area contributed by atoms with Gasteiger partial charge in [0.15, 0.2) is 0 Å². The molecule has 1 saturated carbocycles. The van der Waals surface area contributed by atoms with Crippen molar-refractivity contribution in [2.45, 2.75) is 59.0 Å². The van der Waals surface area contributed by atoms with E-state index in [0.29, 0.717) is 17.8 Å². The SMILES string of the molecule is CCC(C)C1(O)CC(C)CC(C)C1. The van der Waals surface area contributed by atoms with E-state index in [2.05, 4.69) is 27.7 Å². The van der Waals surface area contributed by atoms with Crippen LogP contribution in [-0.4, -0.2) is 10.7 Å². The summed E-state index contributed by atoms with van der Waals surface area (Å²) in [6.45, 7) is 8.89. The van der Waals surface area contributed by atoms with Crippen molar-refractivity contribution in [3.05, 3.63) is 0 Å². The average Bonchev–Trinajstić information content (AvgIpc) is 2.00. The molecule has 1 N–H and O–H groups in total. The Bertz CT molecular complexity index is 155. The fourth-order valence-electron chi connectivity index (χ4n) is 2.93. The minimum atomic E-state index is -0.369. The predicted molar refractivity (Wildman–Crippen MR) is 56.6 cm³/mol. The van der Waals surface area contributed by atoms with Crippen LogP contribution in [0.3, 0.4) is 0 Å². The summed E-state index contributed by atoms with van der Waals surface area (Å²) in [6, 6.07) is 0. The van der Waals surface area contributed by atoms with Gasteiger partial charge < -0.3 is 5.11 Å². The lowest BCUT2D eigenvalue weighted by molar-refractivity contribution is -0.0731. The van der Waals surface area contributed by atoms with Gasteiger partial charge in [0, 0.05) is 0 Å². The third-order valence-corrected chi connectivity index (χ3v) is 3.74. The molecule has 0 radical (unpaired) electrons. The van der Waals surface area contributed by atoms with E-state index in [9.17, 15) is 5.11 Å². The van der Waals surface area contributed by atoms with Gasteiger partial charge in [0.1, 0.15) is 0 Å². The highest BCUT2D eigenvalue weighted by Gasteiger charge is 2.39. The molecule has 0 aromatic heterocycles. The van der Waals surface area contributed by atoms with Crippen LogP contribution in [-0.2, 0) is 0 Å². The van der Waals surface area contributed by atoms with Crippen LogP contribution in [0.4, 0.5) is 0 Å². The molecule has 0 aliphatic heterocycles. The van der Waals surface area contributed by atoms with E-state index >= 15 is 0 Å². The Morgan fingerprint density at radius 2 is 1.77 bits per heavy atom. The molecule has 1 heteroatoms. The van der Waals surface area contributed by atoms with Crippen LogP contribution < -0.4 is 0 Å². The van der Waals surface area contributed by atoms with E-state index in [1.54, 1.807) is 0 Å². The van der Waals surface area contributed by atoms with E-state index in [0.717, 1.165) is 19.3 Å². The summed E-state index contributed by atoms with van der Waals surface area (Å²) < 4.78 is 0. The molecule has 1 rings (SSSR count). The summed E-state index contributed by atoms with van der Waals surface area (Å²) in [7, 11) is 0.